The van der Waals surface area contributed by atoms with Crippen molar-refractivity contribution >= 4 is 65.2 Å². The van der Waals surface area contributed by atoms with Gasteiger partial charge in [0.2, 0.25) is 6.19 Å². The lowest BCUT2D eigenvalue weighted by Crippen LogP contribution is -2.06. The fraction of sp³-hybridized carbons (Fsp3) is 0. The Kier molecular flexibility index (Phi) is 8.12. The number of halogens is 14. The Morgan fingerprint density at radius 3 is 1.17 bits per heavy atom. The lowest BCUT2D eigenvalue weighted by atomic mass is 9.96. The van der Waals surface area contributed by atoms with Gasteiger partial charge in [0.05, 0.1) is 48.8 Å². The standard InChI is InChI=1S/C40H6F14N6/c1-56-60-38-14-7-10(16-22(42)18-20(26(46)24(16)44)30(50)34(54)32(52)28(18)48)3-5-12(14)37-40(38)59-36-11-4-2-9(6-13(11)35(57-8-55)39(36)58-37)15-21(41)17-19(25(45)23(15)43)29(49)33(53)31(51)27(17)47/h2-7H/b57-35+,60-38+. The molecule has 6 nitrogen and oxygen atoms in total. The van der Waals surface area contributed by atoms with Crippen molar-refractivity contribution in [1.82, 2.24) is 9.97 Å². The van der Waals surface area contributed by atoms with Crippen LogP contribution in [0.3, 0.4) is 0 Å². The van der Waals surface area contributed by atoms with Crippen LogP contribution in [0.15, 0.2) is 46.5 Å². The molecule has 0 atom stereocenters. The number of nitriles is 1. The Hall–Kier alpha value is -7.74. The number of benzene rings is 6. The molecule has 1 heterocycles. The first kappa shape index (κ1) is 37.8. The molecule has 0 aliphatic heterocycles. The van der Waals surface area contributed by atoms with Gasteiger partial charge in [-0.15, -0.1) is 4.95 Å². The van der Waals surface area contributed by atoms with Crippen molar-refractivity contribution in [2.75, 3.05) is 0 Å². The van der Waals surface area contributed by atoms with Crippen molar-refractivity contribution in [2.24, 2.45) is 10.1 Å². The predicted octanol–water partition coefficient (Wildman–Crippen LogP) is 10.7. The van der Waals surface area contributed by atoms with E-state index in [1.54, 1.807) is 0 Å². The van der Waals surface area contributed by atoms with Crippen LogP contribution in [0.25, 0.3) is 92.4 Å². The maximum absolute atomic E-state index is 15.8. The Bertz CT molecular complexity index is 3500. The van der Waals surface area contributed by atoms with Crippen molar-refractivity contribution in [2.45, 2.75) is 0 Å². The zero-order valence-electron chi connectivity index (χ0n) is 28.4. The molecule has 0 amide bonds. The first-order valence-corrected chi connectivity index (χ1v) is 16.3. The Labute approximate surface area is 320 Å². The van der Waals surface area contributed by atoms with Crippen molar-refractivity contribution in [3.05, 3.63) is 140 Å². The molecule has 294 valence electrons. The fourth-order valence-corrected chi connectivity index (χ4v) is 7.39. The minimum atomic E-state index is -2.52. The minimum Gasteiger partial charge on any atom is -0.241 e. The molecule has 0 N–H and O–H groups in total. The molecular weight excluding hydrogens is 830 g/mol. The second-order valence-corrected chi connectivity index (χ2v) is 12.9. The Balaban J connectivity index is 1.31. The van der Waals surface area contributed by atoms with Crippen LogP contribution in [0.5, 0.6) is 0 Å². The molecule has 0 saturated carbocycles. The molecule has 0 bridgehead atoms. The van der Waals surface area contributed by atoms with Crippen LogP contribution < -0.4 is 10.7 Å². The highest BCUT2D eigenvalue weighted by molar-refractivity contribution is 6.16. The monoisotopic (exact) mass is 836 g/mol. The molecule has 0 unspecified atom stereocenters. The smallest absolute Gasteiger partial charge is 0.206 e. The summed E-state index contributed by atoms with van der Waals surface area (Å²) in [6.07, 6.45) is 1.50. The maximum Gasteiger partial charge on any atom is 0.206 e. The molecule has 9 aromatic rings. The van der Waals surface area contributed by atoms with Crippen LogP contribution in [0, 0.1) is 99.5 Å². The van der Waals surface area contributed by atoms with Gasteiger partial charge in [-0.1, -0.05) is 24.3 Å². The van der Waals surface area contributed by atoms with Gasteiger partial charge in [-0.05, 0) is 23.3 Å². The van der Waals surface area contributed by atoms with E-state index in [4.69, 9.17) is 6.57 Å². The van der Waals surface area contributed by atoms with Crippen molar-refractivity contribution in [1.29, 1.82) is 5.26 Å². The van der Waals surface area contributed by atoms with E-state index in [2.05, 4.69) is 25.0 Å². The summed E-state index contributed by atoms with van der Waals surface area (Å²) in [5, 5.41) is 5.16. The summed E-state index contributed by atoms with van der Waals surface area (Å²) < 4.78 is 207. The highest BCUT2D eigenvalue weighted by Crippen LogP contribution is 2.42. The molecule has 20 heteroatoms. The van der Waals surface area contributed by atoms with Crippen LogP contribution in [-0.4, -0.2) is 9.97 Å². The first-order valence-electron chi connectivity index (χ1n) is 16.3. The van der Waals surface area contributed by atoms with E-state index in [1.807, 2.05) is 0 Å². The average Bonchev–Trinajstić information content (AvgIpc) is 3.69. The number of fused-ring (bicyclic) bond motifs is 8. The highest BCUT2D eigenvalue weighted by atomic mass is 19.2. The zero-order chi connectivity index (χ0) is 43.0. The molecule has 0 saturated heterocycles. The van der Waals surface area contributed by atoms with Crippen LogP contribution >= 0.6 is 0 Å². The number of rotatable bonds is 2. The van der Waals surface area contributed by atoms with Gasteiger partial charge in [0.1, 0.15) is 28.0 Å². The SMILES string of the molecule is [C-]#[N+]/N=c1\c2cc(-c3c(F)c(F)c4c(F)c(F)c(F)c(F)c4c3F)ccc2c2nc3/c(=N/C#N)c4cc(-c5c(F)c(F)c6c(F)c(F)c(F)c(F)c6c5F)ccc4c3nc12. The first-order chi connectivity index (χ1) is 28.5. The van der Waals surface area contributed by atoms with Crippen LogP contribution in [0.1, 0.15) is 0 Å². The summed E-state index contributed by atoms with van der Waals surface area (Å²) in [6, 6.07) is 5.94. The van der Waals surface area contributed by atoms with E-state index >= 15 is 26.3 Å². The van der Waals surface area contributed by atoms with Crippen LogP contribution in [0.2, 0.25) is 0 Å². The summed E-state index contributed by atoms with van der Waals surface area (Å²) in [4.78, 5) is 15.7. The number of hydrogen-bond acceptors (Lipinski definition) is 5. The average molecular weight is 837 g/mol. The molecule has 60 heavy (non-hydrogen) atoms. The van der Waals surface area contributed by atoms with Gasteiger partial charge in [-0.2, -0.15) is 16.8 Å². The zero-order valence-corrected chi connectivity index (χ0v) is 28.4. The second kappa shape index (κ2) is 12.9. The number of aromatic nitrogens is 2. The third kappa shape index (κ3) is 4.75. The molecule has 9 rings (SSSR count). The number of nitrogens with zero attached hydrogens (tertiary/aromatic N) is 6. The van der Waals surface area contributed by atoms with Gasteiger partial charge in [-0.3, -0.25) is 0 Å². The Morgan fingerprint density at radius 1 is 0.433 bits per heavy atom. The lowest BCUT2D eigenvalue weighted by molar-refractivity contribution is 0.412. The topological polar surface area (TPSA) is 78.6 Å². The predicted molar refractivity (Wildman–Crippen MR) is 183 cm³/mol. The molecule has 8 aromatic carbocycles. The third-order valence-electron chi connectivity index (χ3n) is 9.97. The summed E-state index contributed by atoms with van der Waals surface area (Å²) in [5.41, 5.74) is -4.60. The van der Waals surface area contributed by atoms with Gasteiger partial charge in [0.25, 0.3) is 0 Å². The quantitative estimate of drug-likeness (QED) is 0.0434. The van der Waals surface area contributed by atoms with E-state index < -0.39 is 125 Å². The normalized spacial score (nSPS) is 12.7. The van der Waals surface area contributed by atoms with Gasteiger partial charge < -0.3 is 0 Å². The largest absolute Gasteiger partial charge is 0.241 e. The van der Waals surface area contributed by atoms with E-state index in [0.717, 1.165) is 36.4 Å². The Morgan fingerprint density at radius 2 is 0.783 bits per heavy atom. The van der Waals surface area contributed by atoms with Crippen LogP contribution in [0.4, 0.5) is 61.5 Å². The maximum atomic E-state index is 15.8. The van der Waals surface area contributed by atoms with Crippen LogP contribution in [-0.2, 0) is 0 Å². The minimum absolute atomic E-state index is 0.0120. The molecule has 1 aromatic heterocycles. The van der Waals surface area contributed by atoms with Crippen molar-refractivity contribution in [3.8, 4) is 28.4 Å². The van der Waals surface area contributed by atoms with E-state index in [-0.39, 0.29) is 54.3 Å². The molecule has 0 aliphatic rings. The van der Waals surface area contributed by atoms with Gasteiger partial charge in [0, 0.05) is 21.5 Å². The van der Waals surface area contributed by atoms with Gasteiger partial charge in [-0.25, -0.2) is 71.4 Å². The highest BCUT2D eigenvalue weighted by Gasteiger charge is 2.33. The summed E-state index contributed by atoms with van der Waals surface area (Å²) >= 11 is 0. The number of hydrogen-bond donors (Lipinski definition) is 0. The fourth-order valence-electron chi connectivity index (χ4n) is 7.39. The van der Waals surface area contributed by atoms with Gasteiger partial charge >= 0.3 is 0 Å². The molecule has 0 spiro atoms. The van der Waals surface area contributed by atoms with E-state index in [0.29, 0.717) is 0 Å². The second-order valence-electron chi connectivity index (χ2n) is 12.9. The van der Waals surface area contributed by atoms with Crippen molar-refractivity contribution in [3.63, 3.8) is 0 Å². The molecule has 0 radical (unpaired) electrons. The van der Waals surface area contributed by atoms with E-state index in [9.17, 15) is 40.4 Å². The molecular formula is C40H6F14N6. The van der Waals surface area contributed by atoms with E-state index in [1.165, 1.54) is 6.19 Å². The summed E-state index contributed by atoms with van der Waals surface area (Å²) in [6.45, 7) is 7.39. The summed E-state index contributed by atoms with van der Waals surface area (Å²) in [7, 11) is 0. The van der Waals surface area contributed by atoms with Crippen molar-refractivity contribution < 1.29 is 61.5 Å². The van der Waals surface area contributed by atoms with Gasteiger partial charge in [0.15, 0.2) is 75.2 Å². The molecule has 0 aliphatic carbocycles. The summed E-state index contributed by atoms with van der Waals surface area (Å²) in [5.74, 6) is -32.4. The molecule has 0 fully saturated rings. The lowest BCUT2D eigenvalue weighted by Gasteiger charge is -2.13. The third-order valence-corrected chi connectivity index (χ3v) is 9.97.